The number of amides is 1. The first kappa shape index (κ1) is 20.2. The molecule has 4 rings (SSSR count). The summed E-state index contributed by atoms with van der Waals surface area (Å²) in [6, 6.07) is 5.76. The molecule has 7 heteroatoms. The summed E-state index contributed by atoms with van der Waals surface area (Å²) in [6.07, 6.45) is 3.41. The summed E-state index contributed by atoms with van der Waals surface area (Å²) >= 11 is 6.37. The topological polar surface area (TPSA) is 74.4 Å². The monoisotopic (exact) mass is 417 g/mol. The summed E-state index contributed by atoms with van der Waals surface area (Å²) in [5.74, 6) is -0.691. The summed E-state index contributed by atoms with van der Waals surface area (Å²) in [5, 5.41) is 4.02. The molecular formula is C22H28ClN3O3. The van der Waals surface area contributed by atoms with E-state index >= 15 is 0 Å². The minimum atomic E-state index is -0.543. The molecule has 29 heavy (non-hydrogen) atoms. The van der Waals surface area contributed by atoms with Gasteiger partial charge in [0.05, 0.1) is 24.4 Å². The highest BCUT2D eigenvalue weighted by Gasteiger charge is 2.49. The minimum Gasteiger partial charge on any atom is -0.464 e. The Morgan fingerprint density at radius 2 is 2.07 bits per heavy atom. The lowest BCUT2D eigenvalue weighted by Gasteiger charge is -2.39. The maximum Gasteiger partial charge on any atom is 0.356 e. The van der Waals surface area contributed by atoms with Crippen LogP contribution in [0.4, 0.5) is 5.69 Å². The Morgan fingerprint density at radius 1 is 1.31 bits per heavy atom. The third kappa shape index (κ3) is 3.76. The molecule has 1 amide bonds. The molecule has 2 aliphatic rings. The number of aromatic amines is 1. The number of likely N-dealkylation sites (tertiary alicyclic amines) is 1. The number of ether oxygens (including phenoxy) is 1. The first-order valence-corrected chi connectivity index (χ1v) is 10.4. The molecule has 2 unspecified atom stereocenters. The average molecular weight is 418 g/mol. The second-order valence-corrected chi connectivity index (χ2v) is 10.1. The molecular weight excluding hydrogens is 390 g/mol. The molecule has 1 aliphatic carbocycles. The number of carbonyl (C=O) groups is 2. The van der Waals surface area contributed by atoms with Crippen LogP contribution in [-0.2, 0) is 9.53 Å². The predicted octanol–water partition coefficient (Wildman–Crippen LogP) is 4.45. The first-order chi connectivity index (χ1) is 13.6. The van der Waals surface area contributed by atoms with Crippen molar-refractivity contribution in [2.24, 2.45) is 10.8 Å². The van der Waals surface area contributed by atoms with Gasteiger partial charge in [-0.1, -0.05) is 38.4 Å². The Kier molecular flexibility index (Phi) is 4.90. The predicted molar refractivity (Wildman–Crippen MR) is 114 cm³/mol. The molecule has 1 saturated carbocycles. The van der Waals surface area contributed by atoms with Crippen LogP contribution in [0.15, 0.2) is 18.2 Å². The van der Waals surface area contributed by atoms with E-state index in [0.29, 0.717) is 39.6 Å². The molecule has 2 atom stereocenters. The molecule has 2 bridgehead atoms. The highest BCUT2D eigenvalue weighted by Crippen LogP contribution is 2.52. The third-order valence-electron chi connectivity index (χ3n) is 6.30. The second kappa shape index (κ2) is 7.03. The number of hydrogen-bond acceptors (Lipinski definition) is 4. The van der Waals surface area contributed by atoms with Crippen LogP contribution in [0, 0.1) is 10.8 Å². The Balaban J connectivity index is 1.58. The van der Waals surface area contributed by atoms with Crippen molar-refractivity contribution in [3.8, 4) is 0 Å². The van der Waals surface area contributed by atoms with E-state index in [1.54, 1.807) is 12.1 Å². The van der Waals surface area contributed by atoms with Crippen LogP contribution >= 0.6 is 11.6 Å². The van der Waals surface area contributed by atoms with Crippen LogP contribution in [0.2, 0.25) is 5.02 Å². The number of rotatable bonds is 4. The van der Waals surface area contributed by atoms with Gasteiger partial charge >= 0.3 is 5.97 Å². The number of hydrogen-bond donors (Lipinski definition) is 2. The highest BCUT2D eigenvalue weighted by molar-refractivity contribution is 6.37. The number of aromatic nitrogens is 1. The molecule has 1 aromatic heterocycles. The summed E-state index contributed by atoms with van der Waals surface area (Å²) < 4.78 is 4.88. The van der Waals surface area contributed by atoms with E-state index in [9.17, 15) is 9.59 Å². The molecule has 156 valence electrons. The molecule has 1 aromatic carbocycles. The number of methoxy groups -OCH3 is 1. The molecule has 2 N–H and O–H groups in total. The number of anilines is 1. The Labute approximate surface area is 175 Å². The number of H-pyrrole nitrogens is 1. The van der Waals surface area contributed by atoms with Crippen molar-refractivity contribution in [3.05, 3.63) is 28.9 Å². The van der Waals surface area contributed by atoms with Crippen molar-refractivity contribution in [2.45, 2.75) is 46.1 Å². The van der Waals surface area contributed by atoms with E-state index < -0.39 is 5.97 Å². The van der Waals surface area contributed by atoms with Crippen molar-refractivity contribution in [2.75, 3.05) is 25.5 Å². The Bertz CT molecular complexity index is 983. The molecule has 0 spiro atoms. The van der Waals surface area contributed by atoms with Gasteiger partial charge in [0.15, 0.2) is 0 Å². The number of nitrogens with zero attached hydrogens (tertiary/aromatic N) is 1. The maximum atomic E-state index is 13.0. The summed E-state index contributed by atoms with van der Waals surface area (Å²) in [6.45, 7) is 8.18. The van der Waals surface area contributed by atoms with Crippen molar-refractivity contribution >= 4 is 40.1 Å². The third-order valence-corrected chi connectivity index (χ3v) is 6.61. The van der Waals surface area contributed by atoms with Crippen LogP contribution < -0.4 is 5.32 Å². The molecule has 6 nitrogen and oxygen atoms in total. The van der Waals surface area contributed by atoms with E-state index in [0.717, 1.165) is 19.4 Å². The van der Waals surface area contributed by atoms with Gasteiger partial charge in [-0.2, -0.15) is 0 Å². The number of benzene rings is 1. The molecule has 2 aromatic rings. The number of carbonyl (C=O) groups excluding carboxylic acids is 2. The van der Waals surface area contributed by atoms with E-state index in [1.165, 1.54) is 13.5 Å². The quantitative estimate of drug-likeness (QED) is 0.721. The fraction of sp³-hybridized carbons (Fsp3) is 0.545. The van der Waals surface area contributed by atoms with Gasteiger partial charge < -0.3 is 15.0 Å². The van der Waals surface area contributed by atoms with Gasteiger partial charge in [0.25, 0.3) is 0 Å². The smallest absolute Gasteiger partial charge is 0.356 e. The fourth-order valence-corrected chi connectivity index (χ4v) is 5.98. The number of halogens is 1. The molecule has 1 saturated heterocycles. The molecule has 2 heterocycles. The lowest BCUT2D eigenvalue weighted by atomic mass is 9.65. The molecule has 1 aliphatic heterocycles. The highest BCUT2D eigenvalue weighted by atomic mass is 35.5. The maximum absolute atomic E-state index is 13.0. The van der Waals surface area contributed by atoms with Crippen LogP contribution in [0.3, 0.4) is 0 Å². The zero-order valence-corrected chi connectivity index (χ0v) is 18.2. The zero-order valence-electron chi connectivity index (χ0n) is 17.4. The van der Waals surface area contributed by atoms with E-state index in [-0.39, 0.29) is 17.0 Å². The van der Waals surface area contributed by atoms with Crippen molar-refractivity contribution in [1.29, 1.82) is 0 Å². The molecule has 2 fully saturated rings. The van der Waals surface area contributed by atoms with Gasteiger partial charge in [-0.25, -0.2) is 4.79 Å². The van der Waals surface area contributed by atoms with E-state index in [1.807, 2.05) is 6.07 Å². The van der Waals surface area contributed by atoms with Gasteiger partial charge in [0.1, 0.15) is 5.69 Å². The summed E-state index contributed by atoms with van der Waals surface area (Å²) in [5.41, 5.74) is 1.83. The lowest BCUT2D eigenvalue weighted by Crippen LogP contribution is -2.38. The van der Waals surface area contributed by atoms with E-state index in [4.69, 9.17) is 16.3 Å². The number of fused-ring (bicyclic) bond motifs is 3. The zero-order chi connectivity index (χ0) is 21.0. The molecule has 0 radical (unpaired) electrons. The standard InChI is InChI=1S/C22H28ClN3O3/c1-21(2)8-13-9-22(3,11-21)12-26(13)10-16(27)25-18-17-14(23)6-5-7-15(17)24-19(18)20(28)29-4/h5-7,13,24H,8-12H2,1-4H3,(H,25,27). The number of nitrogens with one attached hydrogen (secondary N) is 2. The van der Waals surface area contributed by atoms with Crippen molar-refractivity contribution in [3.63, 3.8) is 0 Å². The van der Waals surface area contributed by atoms with Crippen LogP contribution in [-0.4, -0.2) is 48.0 Å². The first-order valence-electron chi connectivity index (χ1n) is 10.0. The number of esters is 1. The normalized spacial score (nSPS) is 25.9. The fourth-order valence-electron chi connectivity index (χ4n) is 5.71. The van der Waals surface area contributed by atoms with Crippen LogP contribution in [0.5, 0.6) is 0 Å². The van der Waals surface area contributed by atoms with Crippen LogP contribution in [0.25, 0.3) is 10.9 Å². The minimum absolute atomic E-state index is 0.148. The van der Waals surface area contributed by atoms with Gasteiger partial charge in [0, 0.05) is 23.5 Å². The SMILES string of the molecule is COC(=O)c1[nH]c2cccc(Cl)c2c1NC(=O)CN1CC2(C)CC1CC(C)(C)C2. The summed E-state index contributed by atoms with van der Waals surface area (Å²) in [7, 11) is 1.31. The van der Waals surface area contributed by atoms with Gasteiger partial charge in [0.2, 0.25) is 5.91 Å². The summed E-state index contributed by atoms with van der Waals surface area (Å²) in [4.78, 5) is 30.5. The Morgan fingerprint density at radius 3 is 2.79 bits per heavy atom. The Hall–Kier alpha value is -2.05. The largest absolute Gasteiger partial charge is 0.464 e. The second-order valence-electron chi connectivity index (χ2n) is 9.70. The van der Waals surface area contributed by atoms with Gasteiger partial charge in [-0.3, -0.25) is 9.69 Å². The van der Waals surface area contributed by atoms with Crippen molar-refractivity contribution in [1.82, 2.24) is 9.88 Å². The van der Waals surface area contributed by atoms with Gasteiger partial charge in [-0.15, -0.1) is 0 Å². The van der Waals surface area contributed by atoms with Crippen LogP contribution in [0.1, 0.15) is 50.5 Å². The van der Waals surface area contributed by atoms with Crippen molar-refractivity contribution < 1.29 is 14.3 Å². The lowest BCUT2D eigenvalue weighted by molar-refractivity contribution is -0.117. The van der Waals surface area contributed by atoms with E-state index in [2.05, 4.69) is 36.0 Å². The van der Waals surface area contributed by atoms with Gasteiger partial charge in [-0.05, 0) is 42.2 Å². The average Bonchev–Trinajstić information content (AvgIpc) is 3.09.